The van der Waals surface area contributed by atoms with Crippen molar-refractivity contribution in [2.24, 2.45) is 5.92 Å². The molecule has 1 fully saturated rings. The maximum absolute atomic E-state index is 12.3. The van der Waals surface area contributed by atoms with E-state index in [1.54, 1.807) is 4.57 Å². The molecule has 124 valence electrons. The molecule has 1 saturated heterocycles. The number of para-hydroxylation sites is 1. The Morgan fingerprint density at radius 2 is 2.00 bits per heavy atom. The Balaban J connectivity index is 1.80. The second-order valence-electron chi connectivity index (χ2n) is 6.87. The monoisotopic (exact) mass is 316 g/mol. The van der Waals surface area contributed by atoms with Gasteiger partial charge in [0.2, 0.25) is 5.91 Å². The van der Waals surface area contributed by atoms with E-state index in [4.69, 9.17) is 4.42 Å². The lowest BCUT2D eigenvalue weighted by Gasteiger charge is -2.32. The molecule has 0 aliphatic carbocycles. The summed E-state index contributed by atoms with van der Waals surface area (Å²) in [6, 6.07) is 5.84. The SMILES string of the molecule is Cc1cccc2oc(=O)n(C3CCN(C(=O)CC(C)C)CC3)c12. The number of rotatable bonds is 3. The van der Waals surface area contributed by atoms with Gasteiger partial charge in [-0.15, -0.1) is 0 Å². The molecule has 1 aromatic heterocycles. The summed E-state index contributed by atoms with van der Waals surface area (Å²) in [5.74, 6) is 0.309. The van der Waals surface area contributed by atoms with Crippen LogP contribution in [0.15, 0.2) is 27.4 Å². The van der Waals surface area contributed by atoms with Crippen molar-refractivity contribution in [1.29, 1.82) is 0 Å². The van der Waals surface area contributed by atoms with Gasteiger partial charge >= 0.3 is 5.76 Å². The van der Waals surface area contributed by atoms with Crippen molar-refractivity contribution in [3.63, 3.8) is 0 Å². The number of aromatic nitrogens is 1. The molecule has 0 N–H and O–H groups in total. The van der Waals surface area contributed by atoms with Crippen LogP contribution in [0.3, 0.4) is 0 Å². The molecule has 3 rings (SSSR count). The lowest BCUT2D eigenvalue weighted by molar-refractivity contribution is -0.133. The highest BCUT2D eigenvalue weighted by molar-refractivity contribution is 5.77. The normalized spacial score (nSPS) is 16.4. The Morgan fingerprint density at radius 1 is 1.30 bits per heavy atom. The second-order valence-corrected chi connectivity index (χ2v) is 6.87. The van der Waals surface area contributed by atoms with Gasteiger partial charge in [0.05, 0.1) is 5.52 Å². The van der Waals surface area contributed by atoms with Crippen molar-refractivity contribution in [3.8, 4) is 0 Å². The fourth-order valence-corrected chi connectivity index (χ4v) is 3.44. The van der Waals surface area contributed by atoms with E-state index >= 15 is 0 Å². The molecule has 5 heteroatoms. The molecule has 1 amide bonds. The second kappa shape index (κ2) is 6.22. The van der Waals surface area contributed by atoms with Gasteiger partial charge in [0, 0.05) is 25.6 Å². The number of piperidine rings is 1. The number of carbonyl (C=O) groups excluding carboxylic acids is 1. The molecule has 0 bridgehead atoms. The van der Waals surface area contributed by atoms with Gasteiger partial charge in [-0.2, -0.15) is 0 Å². The molecular formula is C18H24N2O3. The quantitative estimate of drug-likeness (QED) is 0.874. The number of carbonyl (C=O) groups is 1. The Morgan fingerprint density at radius 3 is 2.65 bits per heavy atom. The van der Waals surface area contributed by atoms with E-state index in [1.807, 2.05) is 30.0 Å². The molecule has 0 radical (unpaired) electrons. The van der Waals surface area contributed by atoms with E-state index in [0.29, 0.717) is 31.0 Å². The zero-order valence-corrected chi connectivity index (χ0v) is 14.0. The minimum Gasteiger partial charge on any atom is -0.408 e. The number of amides is 1. The Hall–Kier alpha value is -2.04. The Bertz CT molecular complexity index is 764. The maximum Gasteiger partial charge on any atom is 0.420 e. The maximum atomic E-state index is 12.3. The molecule has 0 atom stereocenters. The Kier molecular flexibility index (Phi) is 4.28. The van der Waals surface area contributed by atoms with Crippen LogP contribution in [-0.2, 0) is 4.79 Å². The molecule has 2 heterocycles. The van der Waals surface area contributed by atoms with Crippen molar-refractivity contribution < 1.29 is 9.21 Å². The zero-order chi connectivity index (χ0) is 16.6. The van der Waals surface area contributed by atoms with Crippen LogP contribution in [-0.4, -0.2) is 28.5 Å². The number of fused-ring (bicyclic) bond motifs is 1. The van der Waals surface area contributed by atoms with Crippen LogP contribution in [0.5, 0.6) is 0 Å². The van der Waals surface area contributed by atoms with Gasteiger partial charge < -0.3 is 9.32 Å². The van der Waals surface area contributed by atoms with E-state index in [9.17, 15) is 9.59 Å². The summed E-state index contributed by atoms with van der Waals surface area (Å²) in [6.45, 7) is 7.53. The van der Waals surface area contributed by atoms with Gasteiger partial charge in [-0.3, -0.25) is 9.36 Å². The van der Waals surface area contributed by atoms with Gasteiger partial charge in [0.1, 0.15) is 0 Å². The number of oxazole rings is 1. The van der Waals surface area contributed by atoms with Gasteiger partial charge in [-0.25, -0.2) is 4.79 Å². The number of hydrogen-bond acceptors (Lipinski definition) is 3. The third-order valence-electron chi connectivity index (χ3n) is 4.60. The molecule has 1 aromatic carbocycles. The lowest BCUT2D eigenvalue weighted by Crippen LogP contribution is -2.40. The van der Waals surface area contributed by atoms with Crippen molar-refractivity contribution >= 4 is 17.0 Å². The van der Waals surface area contributed by atoms with Crippen LogP contribution in [0, 0.1) is 12.8 Å². The average Bonchev–Trinajstić information content (AvgIpc) is 2.84. The molecule has 2 aromatic rings. The third-order valence-corrected chi connectivity index (χ3v) is 4.60. The van der Waals surface area contributed by atoms with Crippen molar-refractivity contribution in [2.45, 2.75) is 46.1 Å². The standard InChI is InChI=1S/C18H24N2O3/c1-12(2)11-16(21)19-9-7-14(8-10-19)20-17-13(3)5-4-6-15(17)23-18(20)22/h4-6,12,14H,7-11H2,1-3H3. The van der Waals surface area contributed by atoms with E-state index in [-0.39, 0.29) is 17.7 Å². The van der Waals surface area contributed by atoms with Gasteiger partial charge in [0.25, 0.3) is 0 Å². The minimum absolute atomic E-state index is 0.105. The third kappa shape index (κ3) is 3.05. The molecule has 1 aliphatic heterocycles. The highest BCUT2D eigenvalue weighted by atomic mass is 16.4. The van der Waals surface area contributed by atoms with Crippen LogP contribution < -0.4 is 5.76 Å². The van der Waals surface area contributed by atoms with E-state index in [2.05, 4.69) is 13.8 Å². The number of benzene rings is 1. The lowest BCUT2D eigenvalue weighted by atomic mass is 10.0. The van der Waals surface area contributed by atoms with Gasteiger partial charge in [-0.05, 0) is 37.3 Å². The number of nitrogens with zero attached hydrogens (tertiary/aromatic N) is 2. The average molecular weight is 316 g/mol. The summed E-state index contributed by atoms with van der Waals surface area (Å²) < 4.78 is 7.17. The predicted octanol–water partition coefficient (Wildman–Crippen LogP) is 3.11. The minimum atomic E-state index is -0.291. The molecule has 5 nitrogen and oxygen atoms in total. The van der Waals surface area contributed by atoms with Crippen LogP contribution in [0.25, 0.3) is 11.1 Å². The largest absolute Gasteiger partial charge is 0.420 e. The first-order valence-electron chi connectivity index (χ1n) is 8.35. The summed E-state index contributed by atoms with van der Waals surface area (Å²) >= 11 is 0. The topological polar surface area (TPSA) is 55.5 Å². The van der Waals surface area contributed by atoms with E-state index in [0.717, 1.165) is 23.9 Å². The summed E-state index contributed by atoms with van der Waals surface area (Å²) in [6.07, 6.45) is 2.19. The fourth-order valence-electron chi connectivity index (χ4n) is 3.44. The molecule has 0 unspecified atom stereocenters. The van der Waals surface area contributed by atoms with Gasteiger partial charge in [-0.1, -0.05) is 26.0 Å². The van der Waals surface area contributed by atoms with Crippen molar-refractivity contribution in [1.82, 2.24) is 9.47 Å². The van der Waals surface area contributed by atoms with Crippen molar-refractivity contribution in [3.05, 3.63) is 34.3 Å². The smallest absolute Gasteiger partial charge is 0.408 e. The zero-order valence-electron chi connectivity index (χ0n) is 14.0. The summed E-state index contributed by atoms with van der Waals surface area (Å²) in [5.41, 5.74) is 2.59. The van der Waals surface area contributed by atoms with Crippen LogP contribution in [0.1, 0.15) is 44.7 Å². The molecule has 0 spiro atoms. The first kappa shape index (κ1) is 15.8. The van der Waals surface area contributed by atoms with Crippen LogP contribution in [0.4, 0.5) is 0 Å². The highest BCUT2D eigenvalue weighted by Gasteiger charge is 2.27. The Labute approximate surface area is 135 Å². The highest BCUT2D eigenvalue weighted by Crippen LogP contribution is 2.27. The number of likely N-dealkylation sites (tertiary alicyclic amines) is 1. The molecule has 0 saturated carbocycles. The molecular weight excluding hydrogens is 292 g/mol. The van der Waals surface area contributed by atoms with Crippen LogP contribution >= 0.6 is 0 Å². The van der Waals surface area contributed by atoms with Crippen molar-refractivity contribution in [2.75, 3.05) is 13.1 Å². The summed E-state index contributed by atoms with van der Waals surface area (Å²) in [4.78, 5) is 26.4. The van der Waals surface area contributed by atoms with E-state index in [1.165, 1.54) is 0 Å². The number of hydrogen-bond donors (Lipinski definition) is 0. The molecule has 23 heavy (non-hydrogen) atoms. The van der Waals surface area contributed by atoms with Gasteiger partial charge in [0.15, 0.2) is 5.58 Å². The summed E-state index contributed by atoms with van der Waals surface area (Å²) in [5, 5.41) is 0. The predicted molar refractivity (Wildman–Crippen MR) is 89.5 cm³/mol. The van der Waals surface area contributed by atoms with Crippen LogP contribution in [0.2, 0.25) is 0 Å². The summed E-state index contributed by atoms with van der Waals surface area (Å²) in [7, 11) is 0. The first-order chi connectivity index (χ1) is 11.0. The van der Waals surface area contributed by atoms with E-state index < -0.39 is 0 Å². The fraction of sp³-hybridized carbons (Fsp3) is 0.556. The number of aryl methyl sites for hydroxylation is 1. The first-order valence-corrected chi connectivity index (χ1v) is 8.35. The molecule has 1 aliphatic rings.